The van der Waals surface area contributed by atoms with Crippen LogP contribution in [0.1, 0.15) is 36.0 Å². The summed E-state index contributed by atoms with van der Waals surface area (Å²) in [6, 6.07) is 5.39. The molecular formula is C13H19N3O. The zero-order chi connectivity index (χ0) is 12.4. The molecule has 0 aliphatic heterocycles. The molecule has 1 saturated carbocycles. The number of benzene rings is 1. The molecule has 0 radical (unpaired) electrons. The second kappa shape index (κ2) is 4.65. The Kier molecular flexibility index (Phi) is 3.22. The fourth-order valence-electron chi connectivity index (χ4n) is 2.46. The minimum absolute atomic E-state index is 0.0101. The summed E-state index contributed by atoms with van der Waals surface area (Å²) < 4.78 is 0. The van der Waals surface area contributed by atoms with E-state index >= 15 is 0 Å². The molecule has 4 heteroatoms. The average Bonchev–Trinajstić information content (AvgIpc) is 2.79. The van der Waals surface area contributed by atoms with Crippen LogP contribution in [0.4, 0.5) is 11.4 Å². The van der Waals surface area contributed by atoms with Crippen LogP contribution in [0.2, 0.25) is 0 Å². The summed E-state index contributed by atoms with van der Waals surface area (Å²) in [6.45, 7) is 0. The Labute approximate surface area is 102 Å². The van der Waals surface area contributed by atoms with Gasteiger partial charge in [0, 0.05) is 30.0 Å². The molecule has 0 bridgehead atoms. The van der Waals surface area contributed by atoms with Gasteiger partial charge in [0.15, 0.2) is 0 Å². The number of hydrogen-bond acceptors (Lipinski definition) is 3. The number of anilines is 2. The van der Waals surface area contributed by atoms with Gasteiger partial charge in [0.25, 0.3) is 5.91 Å². The topological polar surface area (TPSA) is 72.3 Å². The highest BCUT2D eigenvalue weighted by atomic mass is 16.2. The quantitative estimate of drug-likeness (QED) is 0.766. The maximum atomic E-state index is 12.3. The third kappa shape index (κ3) is 2.52. The molecule has 1 amide bonds. The second-order valence-corrected chi connectivity index (χ2v) is 4.74. The van der Waals surface area contributed by atoms with Crippen molar-refractivity contribution in [1.29, 1.82) is 0 Å². The Balaban J connectivity index is 2.17. The Bertz CT molecular complexity index is 404. The number of carbonyl (C=O) groups excluding carboxylic acids is 1. The minimum Gasteiger partial charge on any atom is -0.399 e. The largest absolute Gasteiger partial charge is 0.399 e. The number of nitrogen functional groups attached to an aromatic ring is 2. The van der Waals surface area contributed by atoms with Crippen LogP contribution >= 0.6 is 0 Å². The Morgan fingerprint density at radius 2 is 1.71 bits per heavy atom. The first-order valence-corrected chi connectivity index (χ1v) is 6.01. The molecule has 1 aliphatic carbocycles. The van der Waals surface area contributed by atoms with Crippen molar-refractivity contribution in [2.75, 3.05) is 18.5 Å². The summed E-state index contributed by atoms with van der Waals surface area (Å²) >= 11 is 0. The highest BCUT2D eigenvalue weighted by Crippen LogP contribution is 2.24. The molecule has 2 rings (SSSR count). The van der Waals surface area contributed by atoms with Crippen molar-refractivity contribution in [2.45, 2.75) is 31.7 Å². The molecule has 1 fully saturated rings. The van der Waals surface area contributed by atoms with E-state index in [0.717, 1.165) is 12.8 Å². The van der Waals surface area contributed by atoms with Crippen molar-refractivity contribution >= 4 is 17.3 Å². The second-order valence-electron chi connectivity index (χ2n) is 4.74. The van der Waals surface area contributed by atoms with Gasteiger partial charge in [0.2, 0.25) is 0 Å². The van der Waals surface area contributed by atoms with Crippen LogP contribution in [0.25, 0.3) is 0 Å². The van der Waals surface area contributed by atoms with Gasteiger partial charge in [0.1, 0.15) is 0 Å². The lowest BCUT2D eigenvalue weighted by molar-refractivity contribution is 0.0735. The standard InChI is InChI=1S/C13H19N3O/c1-16(12-4-2-3-5-12)13(17)9-6-10(14)8-11(15)7-9/h6-8,12H,2-5,14-15H2,1H3. The highest BCUT2D eigenvalue weighted by Gasteiger charge is 2.24. The molecule has 1 aromatic rings. The van der Waals surface area contributed by atoms with Crippen LogP contribution in [0.5, 0.6) is 0 Å². The highest BCUT2D eigenvalue weighted by molar-refractivity contribution is 5.96. The van der Waals surface area contributed by atoms with Gasteiger partial charge < -0.3 is 16.4 Å². The van der Waals surface area contributed by atoms with E-state index in [9.17, 15) is 4.79 Å². The number of rotatable bonds is 2. The molecule has 1 aliphatic rings. The third-order valence-corrected chi connectivity index (χ3v) is 3.42. The van der Waals surface area contributed by atoms with Gasteiger partial charge in [-0.25, -0.2) is 0 Å². The molecule has 4 N–H and O–H groups in total. The molecule has 0 atom stereocenters. The van der Waals surface area contributed by atoms with Crippen LogP contribution in [-0.4, -0.2) is 23.9 Å². The van der Waals surface area contributed by atoms with Crippen LogP contribution < -0.4 is 11.5 Å². The van der Waals surface area contributed by atoms with Crippen LogP contribution in [-0.2, 0) is 0 Å². The Morgan fingerprint density at radius 1 is 1.18 bits per heavy atom. The zero-order valence-corrected chi connectivity index (χ0v) is 10.1. The lowest BCUT2D eigenvalue weighted by Crippen LogP contribution is -2.35. The summed E-state index contributed by atoms with van der Waals surface area (Å²) in [6.07, 6.45) is 4.61. The molecule has 4 nitrogen and oxygen atoms in total. The Hall–Kier alpha value is -1.71. The molecule has 0 saturated heterocycles. The molecule has 0 aromatic heterocycles. The van der Waals surface area contributed by atoms with Gasteiger partial charge in [-0.05, 0) is 31.0 Å². The van der Waals surface area contributed by atoms with E-state index in [2.05, 4.69) is 0 Å². The number of amides is 1. The minimum atomic E-state index is 0.0101. The van der Waals surface area contributed by atoms with Crippen LogP contribution in [0.3, 0.4) is 0 Å². The predicted molar refractivity (Wildman–Crippen MR) is 69.6 cm³/mol. The van der Waals surface area contributed by atoms with E-state index in [1.165, 1.54) is 12.8 Å². The van der Waals surface area contributed by atoms with E-state index in [0.29, 0.717) is 23.0 Å². The first-order chi connectivity index (χ1) is 8.08. The maximum Gasteiger partial charge on any atom is 0.253 e. The Morgan fingerprint density at radius 3 is 2.24 bits per heavy atom. The smallest absolute Gasteiger partial charge is 0.253 e. The lowest BCUT2D eigenvalue weighted by Gasteiger charge is -2.24. The first-order valence-electron chi connectivity index (χ1n) is 6.01. The van der Waals surface area contributed by atoms with E-state index in [1.54, 1.807) is 18.2 Å². The molecule has 0 unspecified atom stereocenters. The van der Waals surface area contributed by atoms with Gasteiger partial charge in [0.05, 0.1) is 0 Å². The molecule has 1 aromatic carbocycles. The van der Waals surface area contributed by atoms with Crippen molar-refractivity contribution in [2.24, 2.45) is 0 Å². The third-order valence-electron chi connectivity index (χ3n) is 3.42. The van der Waals surface area contributed by atoms with Crippen molar-refractivity contribution in [3.05, 3.63) is 23.8 Å². The summed E-state index contributed by atoms with van der Waals surface area (Å²) in [5.41, 5.74) is 13.1. The molecule has 0 heterocycles. The van der Waals surface area contributed by atoms with Gasteiger partial charge in [-0.3, -0.25) is 4.79 Å². The monoisotopic (exact) mass is 233 g/mol. The van der Waals surface area contributed by atoms with Gasteiger partial charge in [-0.1, -0.05) is 12.8 Å². The number of nitrogens with zero attached hydrogens (tertiary/aromatic N) is 1. The first kappa shape index (κ1) is 11.8. The van der Waals surface area contributed by atoms with E-state index < -0.39 is 0 Å². The zero-order valence-electron chi connectivity index (χ0n) is 10.1. The fourth-order valence-corrected chi connectivity index (χ4v) is 2.46. The maximum absolute atomic E-state index is 12.3. The number of nitrogens with two attached hydrogens (primary N) is 2. The van der Waals surface area contributed by atoms with Crippen molar-refractivity contribution in [1.82, 2.24) is 4.90 Å². The van der Waals surface area contributed by atoms with Gasteiger partial charge in [-0.2, -0.15) is 0 Å². The van der Waals surface area contributed by atoms with Crippen molar-refractivity contribution in [3.8, 4) is 0 Å². The number of carbonyl (C=O) groups is 1. The summed E-state index contributed by atoms with van der Waals surface area (Å²) in [5.74, 6) is 0.0101. The molecule has 0 spiro atoms. The van der Waals surface area contributed by atoms with E-state index in [1.807, 2.05) is 11.9 Å². The summed E-state index contributed by atoms with van der Waals surface area (Å²) in [4.78, 5) is 14.1. The molecular weight excluding hydrogens is 214 g/mol. The fraction of sp³-hybridized carbons (Fsp3) is 0.462. The van der Waals surface area contributed by atoms with Gasteiger partial charge >= 0.3 is 0 Å². The molecule has 17 heavy (non-hydrogen) atoms. The SMILES string of the molecule is CN(C(=O)c1cc(N)cc(N)c1)C1CCCC1. The van der Waals surface area contributed by atoms with Crippen LogP contribution in [0.15, 0.2) is 18.2 Å². The average molecular weight is 233 g/mol. The van der Waals surface area contributed by atoms with Crippen LogP contribution in [0, 0.1) is 0 Å². The molecule has 92 valence electrons. The predicted octanol–water partition coefficient (Wildman–Crippen LogP) is 1.87. The normalized spacial score (nSPS) is 16.1. The summed E-state index contributed by atoms with van der Waals surface area (Å²) in [7, 11) is 1.86. The lowest BCUT2D eigenvalue weighted by atomic mass is 10.1. The van der Waals surface area contributed by atoms with E-state index in [4.69, 9.17) is 11.5 Å². The van der Waals surface area contributed by atoms with Crippen molar-refractivity contribution in [3.63, 3.8) is 0 Å². The van der Waals surface area contributed by atoms with Crippen molar-refractivity contribution < 1.29 is 4.79 Å². The summed E-state index contributed by atoms with van der Waals surface area (Å²) in [5, 5.41) is 0. The van der Waals surface area contributed by atoms with Gasteiger partial charge in [-0.15, -0.1) is 0 Å². The van der Waals surface area contributed by atoms with E-state index in [-0.39, 0.29) is 5.91 Å². The number of hydrogen-bond donors (Lipinski definition) is 2.